The summed E-state index contributed by atoms with van der Waals surface area (Å²) in [5, 5.41) is 0. The number of anilines is 2. The van der Waals surface area contributed by atoms with Gasteiger partial charge >= 0.3 is 0 Å². The van der Waals surface area contributed by atoms with Crippen molar-refractivity contribution in [1.29, 1.82) is 0 Å². The predicted molar refractivity (Wildman–Crippen MR) is 85.2 cm³/mol. The number of carbonyl (C=O) groups excluding carboxylic acids is 1. The zero-order chi connectivity index (χ0) is 14.8. The molecule has 2 aromatic carbocycles. The van der Waals surface area contributed by atoms with Gasteiger partial charge in [-0.25, -0.2) is 0 Å². The maximum atomic E-state index is 11.2. The maximum absolute atomic E-state index is 11.2. The molecule has 1 aliphatic rings. The first-order valence-electron chi connectivity index (χ1n) is 7.16. The molecule has 0 bridgehead atoms. The lowest BCUT2D eigenvalue weighted by Gasteiger charge is -2.31. The van der Waals surface area contributed by atoms with Crippen molar-refractivity contribution in [2.75, 3.05) is 17.2 Å². The molecule has 1 amide bonds. The summed E-state index contributed by atoms with van der Waals surface area (Å²) in [7, 11) is 0. The molecular weight excluding hydrogens is 262 g/mol. The SMILES string of the molecule is NC(=O)c1ccc(CN2CCCc3ccccc32)c(N)c1. The molecule has 0 radical (unpaired) electrons. The van der Waals surface area contributed by atoms with Crippen LogP contribution in [0.3, 0.4) is 0 Å². The second kappa shape index (κ2) is 5.48. The van der Waals surface area contributed by atoms with E-state index in [1.807, 2.05) is 6.07 Å². The third-order valence-corrected chi connectivity index (χ3v) is 4.00. The van der Waals surface area contributed by atoms with Crippen molar-refractivity contribution in [1.82, 2.24) is 0 Å². The van der Waals surface area contributed by atoms with Gasteiger partial charge in [-0.2, -0.15) is 0 Å². The first-order valence-corrected chi connectivity index (χ1v) is 7.16. The van der Waals surface area contributed by atoms with E-state index in [2.05, 4.69) is 29.2 Å². The van der Waals surface area contributed by atoms with E-state index < -0.39 is 5.91 Å². The summed E-state index contributed by atoms with van der Waals surface area (Å²) >= 11 is 0. The number of primary amides is 1. The number of nitrogen functional groups attached to an aromatic ring is 1. The van der Waals surface area contributed by atoms with Gasteiger partial charge < -0.3 is 16.4 Å². The molecule has 21 heavy (non-hydrogen) atoms. The summed E-state index contributed by atoms with van der Waals surface area (Å²) in [4.78, 5) is 13.5. The number of carbonyl (C=O) groups is 1. The van der Waals surface area contributed by atoms with Crippen molar-refractivity contribution in [2.45, 2.75) is 19.4 Å². The molecule has 0 saturated heterocycles. The lowest BCUT2D eigenvalue weighted by molar-refractivity contribution is 0.100. The fourth-order valence-corrected chi connectivity index (χ4v) is 2.87. The van der Waals surface area contributed by atoms with Crippen LogP contribution >= 0.6 is 0 Å². The van der Waals surface area contributed by atoms with Crippen molar-refractivity contribution in [3.63, 3.8) is 0 Å². The number of aryl methyl sites for hydroxylation is 1. The van der Waals surface area contributed by atoms with Crippen molar-refractivity contribution >= 4 is 17.3 Å². The molecule has 1 aliphatic heterocycles. The van der Waals surface area contributed by atoms with Crippen LogP contribution in [-0.2, 0) is 13.0 Å². The van der Waals surface area contributed by atoms with Gasteiger partial charge in [-0.15, -0.1) is 0 Å². The minimum atomic E-state index is -0.448. The molecule has 3 rings (SSSR count). The summed E-state index contributed by atoms with van der Waals surface area (Å²) in [6, 6.07) is 13.8. The summed E-state index contributed by atoms with van der Waals surface area (Å²) in [5.41, 5.74) is 16.1. The Kier molecular flexibility index (Phi) is 3.52. The van der Waals surface area contributed by atoms with Crippen molar-refractivity contribution in [2.24, 2.45) is 5.73 Å². The van der Waals surface area contributed by atoms with Crippen LogP contribution in [0.2, 0.25) is 0 Å². The summed E-state index contributed by atoms with van der Waals surface area (Å²) in [6.07, 6.45) is 2.28. The second-order valence-electron chi connectivity index (χ2n) is 5.43. The van der Waals surface area contributed by atoms with E-state index in [0.717, 1.165) is 31.5 Å². The van der Waals surface area contributed by atoms with E-state index in [9.17, 15) is 4.79 Å². The van der Waals surface area contributed by atoms with Gasteiger partial charge in [-0.3, -0.25) is 4.79 Å². The Hall–Kier alpha value is -2.49. The lowest BCUT2D eigenvalue weighted by atomic mass is 10.0. The topological polar surface area (TPSA) is 72.4 Å². The van der Waals surface area contributed by atoms with Gasteiger partial charge in [0.25, 0.3) is 0 Å². The average molecular weight is 281 g/mol. The highest BCUT2D eigenvalue weighted by atomic mass is 16.1. The molecule has 0 fully saturated rings. The van der Waals surface area contributed by atoms with Crippen LogP contribution in [0.25, 0.3) is 0 Å². The third kappa shape index (κ3) is 2.70. The Balaban J connectivity index is 1.86. The van der Waals surface area contributed by atoms with Crippen molar-refractivity contribution < 1.29 is 4.79 Å². The van der Waals surface area contributed by atoms with Gasteiger partial charge in [0.05, 0.1) is 0 Å². The smallest absolute Gasteiger partial charge is 0.248 e. The minimum Gasteiger partial charge on any atom is -0.398 e. The number of nitrogens with two attached hydrogens (primary N) is 2. The highest BCUT2D eigenvalue weighted by molar-refractivity contribution is 5.93. The van der Waals surface area contributed by atoms with Crippen molar-refractivity contribution in [3.8, 4) is 0 Å². The molecule has 4 N–H and O–H groups in total. The Morgan fingerprint density at radius 1 is 1.19 bits per heavy atom. The second-order valence-corrected chi connectivity index (χ2v) is 5.43. The number of hydrogen-bond donors (Lipinski definition) is 2. The molecule has 0 unspecified atom stereocenters. The van der Waals surface area contributed by atoms with E-state index in [1.165, 1.54) is 11.3 Å². The van der Waals surface area contributed by atoms with Gasteiger partial charge in [0.1, 0.15) is 0 Å². The number of fused-ring (bicyclic) bond motifs is 1. The number of benzene rings is 2. The number of rotatable bonds is 3. The number of para-hydroxylation sites is 1. The Bertz CT molecular complexity index is 681. The molecule has 2 aromatic rings. The van der Waals surface area contributed by atoms with Gasteiger partial charge in [-0.05, 0) is 42.2 Å². The Labute approximate surface area is 124 Å². The maximum Gasteiger partial charge on any atom is 0.248 e. The fourth-order valence-electron chi connectivity index (χ4n) is 2.87. The summed E-state index contributed by atoms with van der Waals surface area (Å²) < 4.78 is 0. The minimum absolute atomic E-state index is 0.448. The molecule has 0 saturated carbocycles. The molecule has 108 valence electrons. The molecule has 0 aromatic heterocycles. The van der Waals surface area contributed by atoms with E-state index >= 15 is 0 Å². The van der Waals surface area contributed by atoms with Crippen molar-refractivity contribution in [3.05, 3.63) is 59.2 Å². The average Bonchev–Trinajstić information content (AvgIpc) is 2.49. The highest BCUT2D eigenvalue weighted by Crippen LogP contribution is 2.29. The summed E-state index contributed by atoms with van der Waals surface area (Å²) in [6.45, 7) is 1.77. The molecule has 1 heterocycles. The van der Waals surface area contributed by atoms with Gasteiger partial charge in [0.2, 0.25) is 5.91 Å². The molecule has 0 spiro atoms. The lowest BCUT2D eigenvalue weighted by Crippen LogP contribution is -2.29. The fraction of sp³-hybridized carbons (Fsp3) is 0.235. The zero-order valence-electron chi connectivity index (χ0n) is 11.9. The third-order valence-electron chi connectivity index (χ3n) is 4.00. The Morgan fingerprint density at radius 2 is 2.00 bits per heavy atom. The molecule has 4 nitrogen and oxygen atoms in total. The van der Waals surface area contributed by atoms with Gasteiger partial charge in [0, 0.05) is 30.0 Å². The van der Waals surface area contributed by atoms with E-state index in [4.69, 9.17) is 11.5 Å². The number of nitrogens with zero attached hydrogens (tertiary/aromatic N) is 1. The Morgan fingerprint density at radius 3 is 2.76 bits per heavy atom. The van der Waals surface area contributed by atoms with Crippen LogP contribution in [0, 0.1) is 0 Å². The monoisotopic (exact) mass is 281 g/mol. The van der Waals surface area contributed by atoms with E-state index in [-0.39, 0.29) is 0 Å². The quantitative estimate of drug-likeness (QED) is 0.848. The molecule has 4 heteroatoms. The molecule has 0 atom stereocenters. The van der Waals surface area contributed by atoms with Crippen LogP contribution < -0.4 is 16.4 Å². The van der Waals surface area contributed by atoms with E-state index in [1.54, 1.807) is 12.1 Å². The number of amides is 1. The first-order chi connectivity index (χ1) is 10.1. The predicted octanol–water partition coefficient (Wildman–Crippen LogP) is 2.32. The van der Waals surface area contributed by atoms with Crippen LogP contribution in [0.5, 0.6) is 0 Å². The van der Waals surface area contributed by atoms with Crippen LogP contribution in [-0.4, -0.2) is 12.5 Å². The zero-order valence-corrected chi connectivity index (χ0v) is 11.9. The van der Waals surface area contributed by atoms with Gasteiger partial charge in [0.15, 0.2) is 0 Å². The standard InChI is InChI=1S/C17H19N3O/c18-15-10-13(17(19)21)7-8-14(15)11-20-9-3-5-12-4-1-2-6-16(12)20/h1-2,4,6-8,10H,3,5,9,11,18H2,(H2,19,21). The number of hydrogen-bond acceptors (Lipinski definition) is 3. The normalized spacial score (nSPS) is 13.8. The first kappa shape index (κ1) is 13.5. The molecular formula is C17H19N3O. The largest absolute Gasteiger partial charge is 0.398 e. The van der Waals surface area contributed by atoms with Crippen LogP contribution in [0.4, 0.5) is 11.4 Å². The highest BCUT2D eigenvalue weighted by Gasteiger charge is 2.17. The van der Waals surface area contributed by atoms with Crippen LogP contribution in [0.1, 0.15) is 27.9 Å². The van der Waals surface area contributed by atoms with E-state index in [0.29, 0.717) is 11.3 Å². The molecule has 0 aliphatic carbocycles. The van der Waals surface area contributed by atoms with Gasteiger partial charge in [-0.1, -0.05) is 24.3 Å². The van der Waals surface area contributed by atoms with Crippen LogP contribution in [0.15, 0.2) is 42.5 Å². The summed E-state index contributed by atoms with van der Waals surface area (Å²) in [5.74, 6) is -0.448.